The minimum absolute atomic E-state index is 0.00272. The lowest BCUT2D eigenvalue weighted by Gasteiger charge is -2.49. The van der Waals surface area contributed by atoms with Crippen molar-refractivity contribution in [3.8, 4) is 17.7 Å². The number of rotatable bonds is 7. The zero-order chi connectivity index (χ0) is 21.8. The van der Waals surface area contributed by atoms with E-state index in [1.165, 1.54) is 33.3 Å². The molecule has 0 bridgehead atoms. The van der Waals surface area contributed by atoms with E-state index < -0.39 is 17.3 Å². The summed E-state index contributed by atoms with van der Waals surface area (Å²) < 4.78 is 21.7. The molecule has 0 aliphatic carbocycles. The average molecular weight is 414 g/mol. The second kappa shape index (κ2) is 8.62. The Morgan fingerprint density at radius 2 is 2.00 bits per heavy atom. The van der Waals surface area contributed by atoms with Gasteiger partial charge in [0.05, 0.1) is 24.8 Å². The number of carbonyl (C=O) groups excluding carboxylic acids is 1. The van der Waals surface area contributed by atoms with Crippen LogP contribution < -0.4 is 14.8 Å². The zero-order valence-electron chi connectivity index (χ0n) is 16.8. The molecule has 0 saturated heterocycles. The van der Waals surface area contributed by atoms with Crippen molar-refractivity contribution in [3.05, 3.63) is 41.5 Å². The first-order valence-electron chi connectivity index (χ1n) is 9.07. The molecule has 3 rings (SSSR count). The minimum atomic E-state index is -1.72. The van der Waals surface area contributed by atoms with Crippen LogP contribution in [0, 0.1) is 11.3 Å². The van der Waals surface area contributed by atoms with E-state index in [2.05, 4.69) is 21.6 Å². The molecular weight excluding hydrogens is 392 g/mol. The van der Waals surface area contributed by atoms with E-state index in [0.717, 1.165) is 0 Å². The number of aliphatic hydroxyl groups is 1. The molecule has 0 saturated carbocycles. The highest BCUT2D eigenvalue weighted by Crippen LogP contribution is 2.41. The number of esters is 1. The summed E-state index contributed by atoms with van der Waals surface area (Å²) in [6, 6.07) is 10.0. The van der Waals surface area contributed by atoms with Crippen molar-refractivity contribution < 1.29 is 28.8 Å². The average Bonchev–Trinajstić information content (AvgIpc) is 2.70. The van der Waals surface area contributed by atoms with Gasteiger partial charge in [-0.25, -0.2) is 0 Å². The van der Waals surface area contributed by atoms with E-state index in [0.29, 0.717) is 16.9 Å². The van der Waals surface area contributed by atoms with Gasteiger partial charge in [-0.3, -0.25) is 4.79 Å². The maximum atomic E-state index is 11.7. The van der Waals surface area contributed by atoms with Gasteiger partial charge in [-0.1, -0.05) is 0 Å². The molecule has 10 nitrogen and oxygen atoms in total. The Kier molecular flexibility index (Phi) is 6.17. The Hall–Kier alpha value is -3.26. The van der Waals surface area contributed by atoms with Crippen molar-refractivity contribution >= 4 is 11.8 Å². The summed E-state index contributed by atoms with van der Waals surface area (Å²) in [6.07, 6.45) is 0.0813. The van der Waals surface area contributed by atoms with Gasteiger partial charge < -0.3 is 29.4 Å². The van der Waals surface area contributed by atoms with Gasteiger partial charge in [0.1, 0.15) is 5.75 Å². The summed E-state index contributed by atoms with van der Waals surface area (Å²) in [5.41, 5.74) is -1.97. The Bertz CT molecular complexity index is 953. The molecule has 158 valence electrons. The van der Waals surface area contributed by atoms with Crippen LogP contribution in [-0.2, 0) is 20.7 Å². The van der Waals surface area contributed by atoms with E-state index >= 15 is 0 Å². The second-order valence-corrected chi connectivity index (χ2v) is 6.91. The van der Waals surface area contributed by atoms with E-state index in [4.69, 9.17) is 18.9 Å². The molecule has 1 unspecified atom stereocenters. The number of benzene rings is 1. The fourth-order valence-electron chi connectivity index (χ4n) is 3.38. The largest absolute Gasteiger partial charge is 0.477 e. The lowest BCUT2D eigenvalue weighted by Crippen LogP contribution is -2.70. The fourth-order valence-corrected chi connectivity index (χ4v) is 3.38. The maximum Gasteiger partial charge on any atom is 0.309 e. The number of carbonyl (C=O) groups is 1. The van der Waals surface area contributed by atoms with Gasteiger partial charge in [0.15, 0.2) is 11.5 Å². The Balaban J connectivity index is 1.99. The summed E-state index contributed by atoms with van der Waals surface area (Å²) >= 11 is 0. The van der Waals surface area contributed by atoms with Crippen LogP contribution >= 0.6 is 0 Å². The van der Waals surface area contributed by atoms with Crippen LogP contribution in [0.3, 0.4) is 0 Å². The van der Waals surface area contributed by atoms with Gasteiger partial charge in [-0.2, -0.15) is 5.26 Å². The number of methoxy groups -OCH3 is 2. The number of fused-ring (bicyclic) bond motifs is 1. The van der Waals surface area contributed by atoms with E-state index in [1.54, 1.807) is 18.2 Å². The van der Waals surface area contributed by atoms with Crippen molar-refractivity contribution in [1.82, 2.24) is 10.2 Å². The van der Waals surface area contributed by atoms with Gasteiger partial charge >= 0.3 is 5.97 Å². The fraction of sp³-hybridized carbons (Fsp3) is 0.400. The summed E-state index contributed by atoms with van der Waals surface area (Å²) in [4.78, 5) is 11.1. The van der Waals surface area contributed by atoms with Gasteiger partial charge in [0.25, 0.3) is 0 Å². The molecule has 1 aliphatic rings. The predicted octanol–water partition coefficient (Wildman–Crippen LogP) is 1.04. The highest BCUT2D eigenvalue weighted by molar-refractivity contribution is 5.68. The minimum Gasteiger partial charge on any atom is -0.477 e. The number of nitrogens with zero attached hydrogens (tertiary/aromatic N) is 3. The summed E-state index contributed by atoms with van der Waals surface area (Å²) in [7, 11) is 2.98. The van der Waals surface area contributed by atoms with Crippen LogP contribution in [0.1, 0.15) is 18.1 Å². The molecule has 10 heteroatoms. The number of nitrogens with one attached hydrogen (secondary N) is 1. The van der Waals surface area contributed by atoms with Crippen LogP contribution in [0.4, 0.5) is 5.82 Å². The quantitative estimate of drug-likeness (QED) is 0.499. The molecule has 2 N–H and O–H groups in total. The Morgan fingerprint density at radius 3 is 2.57 bits per heavy atom. The monoisotopic (exact) mass is 414 g/mol. The van der Waals surface area contributed by atoms with Gasteiger partial charge in [-0.05, 0) is 24.3 Å². The molecular formula is C20H22N4O6. The lowest BCUT2D eigenvalue weighted by atomic mass is 9.82. The van der Waals surface area contributed by atoms with Crippen molar-refractivity contribution in [3.63, 3.8) is 0 Å². The Morgan fingerprint density at radius 1 is 1.27 bits per heavy atom. The van der Waals surface area contributed by atoms with Gasteiger partial charge in [0, 0.05) is 39.2 Å². The summed E-state index contributed by atoms with van der Waals surface area (Å²) in [6.45, 7) is 1.26. The Labute approximate surface area is 173 Å². The standard InChI is InChI=1S/C20H22N4O6/c1-13(25)29-18-7-6-17(23-24-18)22-20(26)9-15-8-14(10-21)4-5-16(15)30-19(20,11-27-2)12-28-3/h4-8,26H,9,11-12H2,1-3H3,(H,22,23). The van der Waals surface area contributed by atoms with Crippen molar-refractivity contribution in [2.75, 3.05) is 32.8 Å². The normalized spacial score (nSPS) is 19.2. The predicted molar refractivity (Wildman–Crippen MR) is 104 cm³/mol. The van der Waals surface area contributed by atoms with Crippen molar-refractivity contribution in [2.24, 2.45) is 0 Å². The third kappa shape index (κ3) is 4.18. The highest BCUT2D eigenvalue weighted by atomic mass is 16.6. The number of anilines is 1. The van der Waals surface area contributed by atoms with E-state index in [9.17, 15) is 15.2 Å². The molecule has 0 radical (unpaired) electrons. The zero-order valence-corrected chi connectivity index (χ0v) is 16.8. The van der Waals surface area contributed by atoms with Crippen LogP contribution in [-0.4, -0.2) is 60.0 Å². The molecule has 2 aromatic rings. The van der Waals surface area contributed by atoms with Crippen LogP contribution in [0.15, 0.2) is 30.3 Å². The molecule has 30 heavy (non-hydrogen) atoms. The van der Waals surface area contributed by atoms with E-state index in [1.807, 2.05) is 0 Å². The van der Waals surface area contributed by atoms with Crippen LogP contribution in [0.5, 0.6) is 11.6 Å². The van der Waals surface area contributed by atoms with E-state index in [-0.39, 0.29) is 31.3 Å². The molecule has 1 aromatic carbocycles. The van der Waals surface area contributed by atoms with Gasteiger partial charge in [0.2, 0.25) is 11.5 Å². The summed E-state index contributed by atoms with van der Waals surface area (Å²) in [5, 5.41) is 31.6. The SMILES string of the molecule is COCC1(COC)Oc2ccc(C#N)cc2CC1(O)Nc1ccc(OC(C)=O)nn1. The smallest absolute Gasteiger partial charge is 0.309 e. The molecule has 1 atom stereocenters. The molecule has 0 fully saturated rings. The second-order valence-electron chi connectivity index (χ2n) is 6.91. The maximum absolute atomic E-state index is 11.7. The highest BCUT2D eigenvalue weighted by Gasteiger charge is 2.57. The number of nitriles is 1. The van der Waals surface area contributed by atoms with Crippen molar-refractivity contribution in [1.29, 1.82) is 5.26 Å². The third-order valence-electron chi connectivity index (χ3n) is 4.67. The van der Waals surface area contributed by atoms with Crippen LogP contribution in [0.2, 0.25) is 0 Å². The molecule has 1 aliphatic heterocycles. The number of hydrogen-bond acceptors (Lipinski definition) is 10. The molecule has 2 heterocycles. The first-order valence-corrected chi connectivity index (χ1v) is 9.07. The lowest BCUT2D eigenvalue weighted by molar-refractivity contribution is -0.180. The number of aromatic nitrogens is 2. The molecule has 1 aromatic heterocycles. The first kappa shape index (κ1) is 21.4. The molecule has 0 amide bonds. The number of ether oxygens (including phenoxy) is 4. The number of hydrogen-bond donors (Lipinski definition) is 2. The topological polar surface area (TPSA) is 136 Å². The van der Waals surface area contributed by atoms with Crippen molar-refractivity contribution in [2.45, 2.75) is 24.7 Å². The summed E-state index contributed by atoms with van der Waals surface area (Å²) in [5.74, 6) is 0.247. The third-order valence-corrected chi connectivity index (χ3v) is 4.67. The molecule has 0 spiro atoms. The first-order chi connectivity index (χ1) is 14.3. The van der Waals surface area contributed by atoms with Crippen LogP contribution in [0.25, 0.3) is 0 Å². The van der Waals surface area contributed by atoms with Gasteiger partial charge in [-0.15, -0.1) is 10.2 Å².